The molecule has 0 unspecified atom stereocenters. The number of Topliss-reactive ketones (excluding diaryl/α,β-unsaturated/α-hetero) is 1. The molecule has 0 saturated heterocycles. The monoisotopic (exact) mass is 189 g/mol. The second-order valence-electron chi connectivity index (χ2n) is 3.22. The molecule has 2 heterocycles. The number of aromatic nitrogens is 3. The number of nitrogens with zero attached hydrogens (tertiary/aromatic N) is 3. The molecule has 14 heavy (non-hydrogen) atoms. The minimum Gasteiger partial charge on any atom is -0.357 e. The summed E-state index contributed by atoms with van der Waals surface area (Å²) in [6.07, 6.45) is 8.76. The molecular weight excluding hydrogens is 178 g/mol. The van der Waals surface area contributed by atoms with Crippen LogP contribution in [0.25, 0.3) is 0 Å². The molecule has 0 N–H and O–H groups in total. The third kappa shape index (κ3) is 1.74. The SMILES string of the molecule is Cn1ccc(C(=O)Cn2ccnc2)c1. The van der Waals surface area contributed by atoms with Crippen LogP contribution in [0.2, 0.25) is 0 Å². The predicted octanol–water partition coefficient (Wildman–Crippen LogP) is 1.10. The number of imidazole rings is 1. The van der Waals surface area contributed by atoms with Gasteiger partial charge in [-0.1, -0.05) is 0 Å². The first-order valence-electron chi connectivity index (χ1n) is 4.36. The van der Waals surface area contributed by atoms with E-state index in [1.807, 2.05) is 30.1 Å². The molecule has 0 aromatic carbocycles. The van der Waals surface area contributed by atoms with E-state index >= 15 is 0 Å². The van der Waals surface area contributed by atoms with Gasteiger partial charge in [0.2, 0.25) is 0 Å². The van der Waals surface area contributed by atoms with Crippen LogP contribution >= 0.6 is 0 Å². The van der Waals surface area contributed by atoms with Crippen molar-refractivity contribution >= 4 is 5.78 Å². The highest BCUT2D eigenvalue weighted by atomic mass is 16.1. The van der Waals surface area contributed by atoms with Gasteiger partial charge in [-0.3, -0.25) is 4.79 Å². The molecule has 0 atom stereocenters. The molecule has 0 bridgehead atoms. The maximum Gasteiger partial charge on any atom is 0.184 e. The molecule has 0 aliphatic heterocycles. The third-order valence-electron chi connectivity index (χ3n) is 2.04. The molecule has 4 nitrogen and oxygen atoms in total. The number of carbonyl (C=O) groups excluding carboxylic acids is 1. The highest BCUT2D eigenvalue weighted by Crippen LogP contribution is 2.02. The van der Waals surface area contributed by atoms with Gasteiger partial charge < -0.3 is 9.13 Å². The van der Waals surface area contributed by atoms with Crippen molar-refractivity contribution in [1.82, 2.24) is 14.1 Å². The fourth-order valence-electron chi connectivity index (χ4n) is 1.31. The Morgan fingerprint density at radius 3 is 2.93 bits per heavy atom. The van der Waals surface area contributed by atoms with Crippen LogP contribution in [0.15, 0.2) is 37.2 Å². The van der Waals surface area contributed by atoms with Gasteiger partial charge in [0.1, 0.15) is 0 Å². The molecule has 2 rings (SSSR count). The number of hydrogen-bond donors (Lipinski definition) is 0. The van der Waals surface area contributed by atoms with Crippen LogP contribution in [-0.4, -0.2) is 19.9 Å². The van der Waals surface area contributed by atoms with E-state index in [4.69, 9.17) is 0 Å². The van der Waals surface area contributed by atoms with E-state index in [2.05, 4.69) is 4.98 Å². The lowest BCUT2D eigenvalue weighted by atomic mass is 10.2. The second kappa shape index (κ2) is 3.49. The topological polar surface area (TPSA) is 39.8 Å². The lowest BCUT2D eigenvalue weighted by Gasteiger charge is -1.98. The molecule has 2 aromatic heterocycles. The van der Waals surface area contributed by atoms with Gasteiger partial charge in [-0.15, -0.1) is 0 Å². The third-order valence-corrected chi connectivity index (χ3v) is 2.04. The molecule has 4 heteroatoms. The Bertz CT molecular complexity index is 428. The van der Waals surface area contributed by atoms with Crippen molar-refractivity contribution in [2.75, 3.05) is 0 Å². The highest BCUT2D eigenvalue weighted by Gasteiger charge is 2.06. The van der Waals surface area contributed by atoms with Crippen LogP contribution in [0.4, 0.5) is 0 Å². The van der Waals surface area contributed by atoms with Crippen molar-refractivity contribution in [2.24, 2.45) is 7.05 Å². The zero-order chi connectivity index (χ0) is 9.97. The standard InChI is InChI=1S/C10H11N3O/c1-12-4-2-9(6-12)10(14)7-13-5-3-11-8-13/h2-6,8H,7H2,1H3. The predicted molar refractivity (Wildman–Crippen MR) is 52.0 cm³/mol. The lowest BCUT2D eigenvalue weighted by Crippen LogP contribution is -2.07. The van der Waals surface area contributed by atoms with Crippen molar-refractivity contribution in [3.63, 3.8) is 0 Å². The van der Waals surface area contributed by atoms with Crippen LogP contribution in [0.5, 0.6) is 0 Å². The first-order valence-corrected chi connectivity index (χ1v) is 4.36. The number of hydrogen-bond acceptors (Lipinski definition) is 2. The molecule has 0 aliphatic carbocycles. The van der Waals surface area contributed by atoms with Gasteiger partial charge in [-0.05, 0) is 6.07 Å². The summed E-state index contributed by atoms with van der Waals surface area (Å²) < 4.78 is 3.62. The van der Waals surface area contributed by atoms with E-state index in [1.54, 1.807) is 23.3 Å². The number of ketones is 1. The quantitative estimate of drug-likeness (QED) is 0.678. The first kappa shape index (κ1) is 8.74. The van der Waals surface area contributed by atoms with E-state index in [-0.39, 0.29) is 5.78 Å². The normalized spacial score (nSPS) is 10.4. The Kier molecular flexibility index (Phi) is 2.18. The summed E-state index contributed by atoms with van der Waals surface area (Å²) in [7, 11) is 1.90. The summed E-state index contributed by atoms with van der Waals surface area (Å²) >= 11 is 0. The van der Waals surface area contributed by atoms with E-state index in [1.165, 1.54) is 0 Å². The molecule has 0 radical (unpaired) electrons. The summed E-state index contributed by atoms with van der Waals surface area (Å²) in [4.78, 5) is 15.5. The summed E-state index contributed by atoms with van der Waals surface area (Å²) in [5, 5.41) is 0. The van der Waals surface area contributed by atoms with Gasteiger partial charge in [-0.25, -0.2) is 4.98 Å². The van der Waals surface area contributed by atoms with Crippen LogP contribution in [0, 0.1) is 0 Å². The summed E-state index contributed by atoms with van der Waals surface area (Å²) in [5.41, 5.74) is 0.737. The van der Waals surface area contributed by atoms with E-state index in [0.29, 0.717) is 6.54 Å². The highest BCUT2D eigenvalue weighted by molar-refractivity contribution is 5.95. The van der Waals surface area contributed by atoms with Gasteiger partial charge in [-0.2, -0.15) is 0 Å². The fraction of sp³-hybridized carbons (Fsp3) is 0.200. The summed E-state index contributed by atoms with van der Waals surface area (Å²) in [5.74, 6) is 0.101. The van der Waals surface area contributed by atoms with Gasteiger partial charge in [0, 0.05) is 37.4 Å². The summed E-state index contributed by atoms with van der Waals surface area (Å²) in [6, 6.07) is 1.82. The Morgan fingerprint density at radius 2 is 2.36 bits per heavy atom. The minimum atomic E-state index is 0.101. The van der Waals surface area contributed by atoms with E-state index in [0.717, 1.165) is 5.56 Å². The number of aryl methyl sites for hydroxylation is 1. The molecule has 0 fully saturated rings. The lowest BCUT2D eigenvalue weighted by molar-refractivity contribution is 0.0972. The Hall–Kier alpha value is -1.84. The van der Waals surface area contributed by atoms with E-state index in [9.17, 15) is 4.79 Å². The van der Waals surface area contributed by atoms with Gasteiger partial charge in [0.15, 0.2) is 5.78 Å². The molecule has 0 aliphatic rings. The van der Waals surface area contributed by atoms with Crippen molar-refractivity contribution in [3.05, 3.63) is 42.7 Å². The van der Waals surface area contributed by atoms with Gasteiger partial charge in [0.05, 0.1) is 12.9 Å². The molecular formula is C10H11N3O. The van der Waals surface area contributed by atoms with Crippen molar-refractivity contribution in [3.8, 4) is 0 Å². The molecule has 0 spiro atoms. The van der Waals surface area contributed by atoms with Crippen LogP contribution in [0.1, 0.15) is 10.4 Å². The zero-order valence-corrected chi connectivity index (χ0v) is 7.92. The zero-order valence-electron chi connectivity index (χ0n) is 7.92. The summed E-state index contributed by atoms with van der Waals surface area (Å²) in [6.45, 7) is 0.351. The average molecular weight is 189 g/mol. The Morgan fingerprint density at radius 1 is 1.50 bits per heavy atom. The molecule has 72 valence electrons. The van der Waals surface area contributed by atoms with Crippen LogP contribution < -0.4 is 0 Å². The van der Waals surface area contributed by atoms with Crippen molar-refractivity contribution in [1.29, 1.82) is 0 Å². The first-order chi connectivity index (χ1) is 6.75. The number of rotatable bonds is 3. The smallest absolute Gasteiger partial charge is 0.184 e. The minimum absolute atomic E-state index is 0.101. The molecule has 0 amide bonds. The molecule has 2 aromatic rings. The molecule has 0 saturated carbocycles. The van der Waals surface area contributed by atoms with Crippen molar-refractivity contribution in [2.45, 2.75) is 6.54 Å². The van der Waals surface area contributed by atoms with Crippen LogP contribution in [0.3, 0.4) is 0 Å². The van der Waals surface area contributed by atoms with Crippen LogP contribution in [-0.2, 0) is 13.6 Å². The fourth-order valence-corrected chi connectivity index (χ4v) is 1.31. The number of carbonyl (C=O) groups is 1. The maximum absolute atomic E-state index is 11.7. The van der Waals surface area contributed by atoms with Crippen molar-refractivity contribution < 1.29 is 4.79 Å². The van der Waals surface area contributed by atoms with E-state index < -0.39 is 0 Å². The second-order valence-corrected chi connectivity index (χ2v) is 3.22. The maximum atomic E-state index is 11.7. The Balaban J connectivity index is 2.10. The Labute approximate surface area is 81.8 Å². The van der Waals surface area contributed by atoms with Gasteiger partial charge >= 0.3 is 0 Å². The van der Waals surface area contributed by atoms with Gasteiger partial charge in [0.25, 0.3) is 0 Å². The largest absolute Gasteiger partial charge is 0.357 e. The average Bonchev–Trinajstić information content (AvgIpc) is 2.75.